The van der Waals surface area contributed by atoms with Crippen LogP contribution < -0.4 is 10.6 Å². The molecule has 1 saturated heterocycles. The molecule has 1 aromatic heterocycles. The van der Waals surface area contributed by atoms with E-state index >= 15 is 0 Å². The fourth-order valence-electron chi connectivity index (χ4n) is 3.16. The molecule has 0 aliphatic carbocycles. The van der Waals surface area contributed by atoms with E-state index < -0.39 is 0 Å². The summed E-state index contributed by atoms with van der Waals surface area (Å²) in [6.07, 6.45) is 0. The number of hydrogen-bond donors (Lipinski definition) is 1. The molecular weight excluding hydrogens is 308 g/mol. The molecule has 1 fully saturated rings. The van der Waals surface area contributed by atoms with Crippen LogP contribution in [0.4, 0.5) is 5.69 Å². The monoisotopic (exact) mass is 332 g/mol. The number of imidazole rings is 1. The molecule has 2 N–H and O–H groups in total. The number of morpholine rings is 1. The van der Waals surface area contributed by atoms with Crippen LogP contribution in [0, 0.1) is 0 Å². The first-order chi connectivity index (χ1) is 11.7. The number of nitrogens with two attached hydrogens (primary N) is 1. The molecule has 0 unspecified atom stereocenters. The highest BCUT2D eigenvalue weighted by molar-refractivity contribution is 6.00. The minimum atomic E-state index is -0.318. The summed E-state index contributed by atoms with van der Waals surface area (Å²) in [5.74, 6) is 0.502. The Labute approximate surface area is 141 Å². The van der Waals surface area contributed by atoms with Gasteiger partial charge in [0.25, 0.3) is 0 Å². The quantitative estimate of drug-likeness (QED) is 0.836. The highest BCUT2D eigenvalue weighted by Crippen LogP contribution is 2.29. The van der Waals surface area contributed by atoms with E-state index in [1.807, 2.05) is 19.1 Å². The van der Waals surface area contributed by atoms with E-state index in [1.165, 1.54) is 0 Å². The number of ether oxygens (including phenoxy) is 2. The summed E-state index contributed by atoms with van der Waals surface area (Å²) in [7, 11) is 0. The van der Waals surface area contributed by atoms with Crippen molar-refractivity contribution in [2.24, 2.45) is 5.73 Å². The molecule has 1 aliphatic rings. The maximum Gasteiger partial charge on any atom is 0.340 e. The Balaban J connectivity index is 2.16. The second-order valence-corrected chi connectivity index (χ2v) is 5.65. The molecule has 7 heteroatoms. The van der Waals surface area contributed by atoms with Crippen LogP contribution in [0.15, 0.2) is 12.1 Å². The summed E-state index contributed by atoms with van der Waals surface area (Å²) in [5.41, 5.74) is 9.01. The number of hydrogen-bond acceptors (Lipinski definition) is 6. The van der Waals surface area contributed by atoms with Crippen LogP contribution in [0.1, 0.15) is 30.0 Å². The lowest BCUT2D eigenvalue weighted by Crippen LogP contribution is -2.37. The lowest BCUT2D eigenvalue weighted by Gasteiger charge is -2.30. The van der Waals surface area contributed by atoms with Crippen LogP contribution in [-0.2, 0) is 22.6 Å². The highest BCUT2D eigenvalue weighted by Gasteiger charge is 2.22. The van der Waals surface area contributed by atoms with Crippen molar-refractivity contribution < 1.29 is 14.3 Å². The first kappa shape index (κ1) is 16.7. The molecule has 2 aromatic rings. The number of aromatic nitrogens is 2. The zero-order valence-electron chi connectivity index (χ0n) is 14.2. The fourth-order valence-corrected chi connectivity index (χ4v) is 3.16. The van der Waals surface area contributed by atoms with Crippen LogP contribution in [0.5, 0.6) is 0 Å². The Morgan fingerprint density at radius 1 is 1.33 bits per heavy atom. The molecule has 130 valence electrons. The summed E-state index contributed by atoms with van der Waals surface area (Å²) < 4.78 is 12.8. The van der Waals surface area contributed by atoms with E-state index in [4.69, 9.17) is 15.2 Å². The van der Waals surface area contributed by atoms with Crippen molar-refractivity contribution in [3.8, 4) is 0 Å². The Hall–Kier alpha value is -2.12. The molecule has 0 saturated carbocycles. The molecule has 7 nitrogen and oxygen atoms in total. The van der Waals surface area contributed by atoms with E-state index in [0.717, 1.165) is 42.2 Å². The number of rotatable bonds is 5. The van der Waals surface area contributed by atoms with Gasteiger partial charge in [0, 0.05) is 19.6 Å². The number of benzene rings is 1. The van der Waals surface area contributed by atoms with Crippen LogP contribution in [0.25, 0.3) is 11.0 Å². The Bertz CT molecular complexity index is 735. The molecule has 0 bridgehead atoms. The van der Waals surface area contributed by atoms with Gasteiger partial charge in [-0.1, -0.05) is 0 Å². The Morgan fingerprint density at radius 2 is 2.08 bits per heavy atom. The van der Waals surface area contributed by atoms with Gasteiger partial charge in [-0.15, -0.1) is 0 Å². The van der Waals surface area contributed by atoms with Crippen molar-refractivity contribution in [3.63, 3.8) is 0 Å². The average Bonchev–Trinajstić information content (AvgIpc) is 2.98. The zero-order valence-corrected chi connectivity index (χ0v) is 14.2. The van der Waals surface area contributed by atoms with Gasteiger partial charge in [0.15, 0.2) is 0 Å². The number of carbonyl (C=O) groups is 1. The molecule has 3 rings (SSSR count). The van der Waals surface area contributed by atoms with Gasteiger partial charge < -0.3 is 24.7 Å². The van der Waals surface area contributed by atoms with E-state index in [9.17, 15) is 4.79 Å². The third-order valence-corrected chi connectivity index (χ3v) is 4.29. The largest absolute Gasteiger partial charge is 0.462 e. The first-order valence-electron chi connectivity index (χ1n) is 8.42. The number of esters is 1. The standard InChI is InChI=1S/C17H24N4O3/c1-3-21-15-10-14(20-5-7-23-8-6-20)12(17(22)24-4-2)9-13(15)19-16(21)11-18/h9-10H,3-8,11,18H2,1-2H3. The summed E-state index contributed by atoms with van der Waals surface area (Å²) in [6.45, 7) is 8.18. The van der Waals surface area contributed by atoms with Crippen molar-refractivity contribution in [1.29, 1.82) is 0 Å². The number of fused-ring (bicyclic) bond motifs is 1. The number of nitrogens with zero attached hydrogens (tertiary/aromatic N) is 3. The van der Waals surface area contributed by atoms with Crippen LogP contribution in [0.3, 0.4) is 0 Å². The van der Waals surface area contributed by atoms with E-state index in [1.54, 1.807) is 0 Å². The smallest absolute Gasteiger partial charge is 0.340 e. The van der Waals surface area contributed by atoms with E-state index in [2.05, 4.69) is 21.4 Å². The van der Waals surface area contributed by atoms with Gasteiger partial charge in [0.2, 0.25) is 0 Å². The van der Waals surface area contributed by atoms with E-state index in [0.29, 0.717) is 31.9 Å². The fraction of sp³-hybridized carbons (Fsp3) is 0.529. The van der Waals surface area contributed by atoms with Crippen LogP contribution in [-0.4, -0.2) is 48.4 Å². The van der Waals surface area contributed by atoms with Gasteiger partial charge in [-0.05, 0) is 26.0 Å². The SMILES string of the molecule is CCOC(=O)c1cc2nc(CN)n(CC)c2cc1N1CCOCC1. The lowest BCUT2D eigenvalue weighted by molar-refractivity contribution is 0.0526. The molecule has 0 atom stereocenters. The lowest BCUT2D eigenvalue weighted by atomic mass is 10.1. The van der Waals surface area contributed by atoms with Crippen molar-refractivity contribution in [2.45, 2.75) is 26.9 Å². The summed E-state index contributed by atoms with van der Waals surface area (Å²) >= 11 is 0. The van der Waals surface area contributed by atoms with Gasteiger partial charge in [0.1, 0.15) is 5.82 Å². The molecule has 0 radical (unpaired) electrons. The predicted molar refractivity (Wildman–Crippen MR) is 92.3 cm³/mol. The van der Waals surface area contributed by atoms with Gasteiger partial charge in [-0.3, -0.25) is 0 Å². The minimum absolute atomic E-state index is 0.318. The van der Waals surface area contributed by atoms with Crippen LogP contribution >= 0.6 is 0 Å². The molecule has 24 heavy (non-hydrogen) atoms. The molecule has 1 aromatic carbocycles. The number of anilines is 1. The number of aryl methyl sites for hydroxylation is 1. The normalized spacial score (nSPS) is 15.0. The van der Waals surface area contributed by atoms with Gasteiger partial charge >= 0.3 is 5.97 Å². The molecular formula is C17H24N4O3. The summed E-state index contributed by atoms with van der Waals surface area (Å²) in [5, 5.41) is 0. The van der Waals surface area contributed by atoms with Gasteiger partial charge in [-0.25, -0.2) is 9.78 Å². The predicted octanol–water partition coefficient (Wildman–Crippen LogP) is 1.53. The third kappa shape index (κ3) is 2.97. The molecule has 0 spiro atoms. The topological polar surface area (TPSA) is 82.6 Å². The third-order valence-electron chi connectivity index (χ3n) is 4.29. The maximum absolute atomic E-state index is 12.4. The second kappa shape index (κ2) is 7.19. The maximum atomic E-state index is 12.4. The first-order valence-corrected chi connectivity index (χ1v) is 8.42. The number of carbonyl (C=O) groups excluding carboxylic acids is 1. The van der Waals surface area contributed by atoms with Crippen molar-refractivity contribution >= 4 is 22.7 Å². The summed E-state index contributed by atoms with van der Waals surface area (Å²) in [4.78, 5) is 19.2. The molecule has 2 heterocycles. The van der Waals surface area contributed by atoms with Crippen molar-refractivity contribution in [3.05, 3.63) is 23.5 Å². The highest BCUT2D eigenvalue weighted by atomic mass is 16.5. The second-order valence-electron chi connectivity index (χ2n) is 5.65. The molecule has 0 amide bonds. The van der Waals surface area contributed by atoms with Gasteiger partial charge in [-0.2, -0.15) is 0 Å². The molecule has 1 aliphatic heterocycles. The Kier molecular flexibility index (Phi) is 5.01. The summed E-state index contributed by atoms with van der Waals surface area (Å²) in [6, 6.07) is 3.85. The minimum Gasteiger partial charge on any atom is -0.462 e. The van der Waals surface area contributed by atoms with Crippen molar-refractivity contribution in [2.75, 3.05) is 37.8 Å². The van der Waals surface area contributed by atoms with E-state index in [-0.39, 0.29) is 5.97 Å². The van der Waals surface area contributed by atoms with Crippen molar-refractivity contribution in [1.82, 2.24) is 9.55 Å². The average molecular weight is 332 g/mol. The zero-order chi connectivity index (χ0) is 17.1. The Morgan fingerprint density at radius 3 is 2.71 bits per heavy atom. The van der Waals surface area contributed by atoms with Crippen LogP contribution in [0.2, 0.25) is 0 Å². The van der Waals surface area contributed by atoms with Gasteiger partial charge in [0.05, 0.1) is 48.6 Å².